The molecule has 0 bridgehead atoms. The Balaban J connectivity index is 3.06. The summed E-state index contributed by atoms with van der Waals surface area (Å²) in [4.78, 5) is 0. The van der Waals surface area contributed by atoms with E-state index in [0.717, 1.165) is 18.3 Å². The first-order valence-corrected chi connectivity index (χ1v) is 5.01. The minimum atomic E-state index is -0.914. The van der Waals surface area contributed by atoms with Gasteiger partial charge >= 0.3 is 0 Å². The highest BCUT2D eigenvalue weighted by Gasteiger charge is 2.14. The lowest BCUT2D eigenvalue weighted by Crippen LogP contribution is -2.01. The molecule has 92 valence electrons. The van der Waals surface area contributed by atoms with E-state index < -0.39 is 17.4 Å². The van der Waals surface area contributed by atoms with Crippen LogP contribution in [0, 0.1) is 34.3 Å². The van der Waals surface area contributed by atoms with Crippen LogP contribution in [-0.2, 0) is 0 Å². The summed E-state index contributed by atoms with van der Waals surface area (Å²) in [6.07, 6.45) is 1.03. The lowest BCUT2D eigenvalue weighted by Gasteiger charge is -2.09. The number of rotatable bonds is 4. The molecule has 0 saturated heterocycles. The second-order valence-corrected chi connectivity index (χ2v) is 3.10. The highest BCUT2D eigenvalue weighted by atomic mass is 19.1. The van der Waals surface area contributed by atoms with Crippen molar-refractivity contribution >= 4 is 5.69 Å². The van der Waals surface area contributed by atoms with E-state index >= 15 is 0 Å². The van der Waals surface area contributed by atoms with Gasteiger partial charge in [0.15, 0.2) is 17.4 Å². The quantitative estimate of drug-likeness (QED) is 0.833. The van der Waals surface area contributed by atoms with Crippen LogP contribution < -0.4 is 10.1 Å². The lowest BCUT2D eigenvalue weighted by atomic mass is 10.2. The summed E-state index contributed by atoms with van der Waals surface area (Å²) in [6.45, 7) is 1.72. The molecule has 1 aromatic carbocycles. The molecule has 1 rings (SSSR count). The first kappa shape index (κ1) is 13.5. The molecular weight excluding hydrogens is 240 g/mol. The van der Waals surface area contributed by atoms with Crippen molar-refractivity contribution in [3.05, 3.63) is 35.5 Å². The van der Waals surface area contributed by atoms with Crippen LogP contribution in [0.3, 0.4) is 0 Å². The predicted molar refractivity (Wildman–Crippen MR) is 60.5 cm³/mol. The number of benzene rings is 1. The second-order valence-electron chi connectivity index (χ2n) is 3.10. The zero-order valence-corrected chi connectivity index (χ0v) is 9.50. The van der Waals surface area contributed by atoms with E-state index in [-0.39, 0.29) is 17.9 Å². The van der Waals surface area contributed by atoms with Gasteiger partial charge in [-0.25, -0.2) is 8.78 Å². The van der Waals surface area contributed by atoms with Crippen molar-refractivity contribution in [3.63, 3.8) is 0 Å². The number of nitrogens with one attached hydrogen (secondary N) is 1. The van der Waals surface area contributed by atoms with Crippen LogP contribution in [-0.4, -0.2) is 6.61 Å². The Bertz CT molecular complexity index is 540. The summed E-state index contributed by atoms with van der Waals surface area (Å²) in [6, 6.07) is 5.38. The van der Waals surface area contributed by atoms with E-state index in [1.165, 1.54) is 0 Å². The summed E-state index contributed by atoms with van der Waals surface area (Å²) in [7, 11) is 0. The summed E-state index contributed by atoms with van der Waals surface area (Å²) in [5.41, 5.74) is -0.306. The van der Waals surface area contributed by atoms with Crippen LogP contribution in [0.5, 0.6) is 5.75 Å². The zero-order valence-electron chi connectivity index (χ0n) is 9.50. The smallest absolute Gasteiger partial charge is 0.192 e. The van der Waals surface area contributed by atoms with Gasteiger partial charge in [-0.3, -0.25) is 0 Å². The van der Waals surface area contributed by atoms with E-state index in [1.807, 2.05) is 0 Å². The van der Waals surface area contributed by atoms with Crippen molar-refractivity contribution in [2.45, 2.75) is 6.92 Å². The van der Waals surface area contributed by atoms with Gasteiger partial charge in [-0.15, -0.1) is 0 Å². The molecule has 0 saturated carbocycles. The first-order valence-electron chi connectivity index (χ1n) is 5.01. The summed E-state index contributed by atoms with van der Waals surface area (Å²) < 4.78 is 31.8. The van der Waals surface area contributed by atoms with Gasteiger partial charge in [0.25, 0.3) is 0 Å². The van der Waals surface area contributed by atoms with Crippen molar-refractivity contribution in [1.29, 1.82) is 10.5 Å². The molecule has 0 amide bonds. The van der Waals surface area contributed by atoms with Gasteiger partial charge in [0.1, 0.15) is 17.7 Å². The topological polar surface area (TPSA) is 68.8 Å². The highest BCUT2D eigenvalue weighted by molar-refractivity contribution is 5.54. The Hall–Kier alpha value is -2.60. The molecule has 4 nitrogen and oxygen atoms in total. The number of ether oxygens (including phenoxy) is 1. The molecule has 0 fully saturated rings. The number of hydrogen-bond acceptors (Lipinski definition) is 4. The Morgan fingerprint density at radius 3 is 2.61 bits per heavy atom. The fraction of sp³-hybridized carbons (Fsp3) is 0.167. The van der Waals surface area contributed by atoms with Crippen LogP contribution in [0.25, 0.3) is 0 Å². The fourth-order valence-electron chi connectivity index (χ4n) is 1.16. The van der Waals surface area contributed by atoms with E-state index in [0.29, 0.717) is 0 Å². The molecule has 18 heavy (non-hydrogen) atoms. The SMILES string of the molecule is CCOc1c(F)ccc(NC=C(C#N)C#N)c1F. The normalized spacial score (nSPS) is 8.94. The minimum Gasteiger partial charge on any atom is -0.488 e. The van der Waals surface area contributed by atoms with Crippen LogP contribution in [0.15, 0.2) is 23.9 Å². The number of halogens is 2. The van der Waals surface area contributed by atoms with Crippen LogP contribution in [0.1, 0.15) is 6.92 Å². The average molecular weight is 249 g/mol. The lowest BCUT2D eigenvalue weighted by molar-refractivity contribution is 0.303. The molecule has 6 heteroatoms. The maximum Gasteiger partial charge on any atom is 0.192 e. The van der Waals surface area contributed by atoms with Crippen molar-refractivity contribution in [3.8, 4) is 17.9 Å². The Labute approximate surface area is 103 Å². The molecule has 0 unspecified atom stereocenters. The molecule has 1 aromatic rings. The van der Waals surface area contributed by atoms with Gasteiger partial charge < -0.3 is 10.1 Å². The van der Waals surface area contributed by atoms with Crippen LogP contribution in [0.2, 0.25) is 0 Å². The Morgan fingerprint density at radius 1 is 1.39 bits per heavy atom. The molecule has 0 spiro atoms. The Kier molecular flexibility index (Phi) is 4.65. The van der Waals surface area contributed by atoms with E-state index in [4.69, 9.17) is 15.3 Å². The summed E-state index contributed by atoms with van der Waals surface area (Å²) >= 11 is 0. The third-order valence-corrected chi connectivity index (χ3v) is 1.95. The maximum absolute atomic E-state index is 13.8. The van der Waals surface area contributed by atoms with Crippen molar-refractivity contribution < 1.29 is 13.5 Å². The number of nitriles is 2. The number of anilines is 1. The van der Waals surface area contributed by atoms with Gasteiger partial charge in [-0.2, -0.15) is 10.5 Å². The molecule has 0 atom stereocenters. The predicted octanol–water partition coefficient (Wildman–Crippen LogP) is 2.71. The molecule has 0 aliphatic heterocycles. The molecule has 0 heterocycles. The summed E-state index contributed by atoms with van der Waals surface area (Å²) in [5, 5.41) is 19.4. The second kappa shape index (κ2) is 6.21. The van der Waals surface area contributed by atoms with Gasteiger partial charge in [-0.1, -0.05) is 0 Å². The molecule has 1 N–H and O–H groups in total. The van der Waals surface area contributed by atoms with Crippen molar-refractivity contribution in [1.82, 2.24) is 0 Å². The van der Waals surface area contributed by atoms with Crippen molar-refractivity contribution in [2.75, 3.05) is 11.9 Å². The molecule has 0 aliphatic rings. The molecular formula is C12H9F2N3O. The molecule has 0 aromatic heterocycles. The highest BCUT2D eigenvalue weighted by Crippen LogP contribution is 2.28. The first-order chi connectivity index (χ1) is 8.63. The molecule has 0 aliphatic carbocycles. The monoisotopic (exact) mass is 249 g/mol. The van der Waals surface area contributed by atoms with E-state index in [9.17, 15) is 8.78 Å². The maximum atomic E-state index is 13.8. The van der Waals surface area contributed by atoms with Crippen LogP contribution in [0.4, 0.5) is 14.5 Å². The number of nitrogens with zero attached hydrogens (tertiary/aromatic N) is 2. The standard InChI is InChI=1S/C12H9F2N3O/c1-2-18-12-9(13)3-4-10(11(12)14)17-7-8(5-15)6-16/h3-4,7,17H,2H2,1H3. The third-order valence-electron chi connectivity index (χ3n) is 1.95. The number of hydrogen-bond donors (Lipinski definition) is 1. The van der Waals surface area contributed by atoms with Gasteiger partial charge in [0, 0.05) is 6.20 Å². The van der Waals surface area contributed by atoms with Gasteiger partial charge in [0.2, 0.25) is 0 Å². The number of allylic oxidation sites excluding steroid dienone is 1. The van der Waals surface area contributed by atoms with Crippen molar-refractivity contribution in [2.24, 2.45) is 0 Å². The Morgan fingerprint density at radius 2 is 2.06 bits per heavy atom. The molecule has 0 radical (unpaired) electrons. The summed E-state index contributed by atoms with van der Waals surface area (Å²) in [5.74, 6) is -2.22. The van der Waals surface area contributed by atoms with E-state index in [1.54, 1.807) is 19.1 Å². The average Bonchev–Trinajstić information content (AvgIpc) is 2.38. The minimum absolute atomic E-state index is 0.0807. The third kappa shape index (κ3) is 2.96. The van der Waals surface area contributed by atoms with Crippen LogP contribution >= 0.6 is 0 Å². The zero-order chi connectivity index (χ0) is 13.5. The van der Waals surface area contributed by atoms with E-state index in [2.05, 4.69) is 5.32 Å². The fourth-order valence-corrected chi connectivity index (χ4v) is 1.16. The largest absolute Gasteiger partial charge is 0.488 e. The van der Waals surface area contributed by atoms with Gasteiger partial charge in [-0.05, 0) is 19.1 Å². The van der Waals surface area contributed by atoms with Gasteiger partial charge in [0.05, 0.1) is 12.3 Å².